The number of carbonyl (C=O) groups is 3. The predicted molar refractivity (Wildman–Crippen MR) is 126 cm³/mol. The molecule has 1 N–H and O–H groups in total. The van der Waals surface area contributed by atoms with Gasteiger partial charge in [-0.25, -0.2) is 4.52 Å². The largest absolute Gasteiger partial charge is 0.289 e. The quantitative estimate of drug-likeness (QED) is 0.427. The van der Waals surface area contributed by atoms with Crippen molar-refractivity contribution in [3.63, 3.8) is 0 Å². The van der Waals surface area contributed by atoms with Crippen molar-refractivity contribution >= 4 is 51.6 Å². The Labute approximate surface area is 197 Å². The minimum atomic E-state index is -0.663. The zero-order valence-electron chi connectivity index (χ0n) is 17.9. The molecule has 1 aliphatic heterocycles. The Bertz CT molecular complexity index is 1450. The first kappa shape index (κ1) is 21.3. The third-order valence-electron chi connectivity index (χ3n) is 5.27. The molecular formula is C23H18ClN5O3S. The summed E-state index contributed by atoms with van der Waals surface area (Å²) in [7, 11) is 0. The van der Waals surface area contributed by atoms with E-state index in [1.54, 1.807) is 37.4 Å². The first-order chi connectivity index (χ1) is 15.6. The molecule has 8 nitrogen and oxygen atoms in total. The maximum absolute atomic E-state index is 12.9. The van der Waals surface area contributed by atoms with E-state index in [1.165, 1.54) is 34.4 Å². The van der Waals surface area contributed by atoms with Gasteiger partial charge in [-0.15, -0.1) is 16.4 Å². The summed E-state index contributed by atoms with van der Waals surface area (Å²) in [4.78, 5) is 44.5. The molecule has 166 valence electrons. The van der Waals surface area contributed by atoms with Crippen LogP contribution in [0.25, 0.3) is 16.2 Å². The molecule has 3 amide bonds. The second-order valence-corrected chi connectivity index (χ2v) is 9.86. The van der Waals surface area contributed by atoms with Crippen molar-refractivity contribution < 1.29 is 14.4 Å². The third kappa shape index (κ3) is 3.59. The number of imide groups is 1. The highest BCUT2D eigenvalue weighted by Gasteiger charge is 2.42. The first-order valence-electron chi connectivity index (χ1n) is 10.1. The van der Waals surface area contributed by atoms with Crippen molar-refractivity contribution in [2.24, 2.45) is 0 Å². The van der Waals surface area contributed by atoms with Gasteiger partial charge >= 0.3 is 0 Å². The van der Waals surface area contributed by atoms with Crippen molar-refractivity contribution in [1.29, 1.82) is 0 Å². The van der Waals surface area contributed by atoms with Gasteiger partial charge < -0.3 is 0 Å². The van der Waals surface area contributed by atoms with Gasteiger partial charge in [-0.1, -0.05) is 23.7 Å². The van der Waals surface area contributed by atoms with Crippen LogP contribution in [0, 0.1) is 0 Å². The minimum absolute atomic E-state index is 0.140. The van der Waals surface area contributed by atoms with E-state index in [2.05, 4.69) is 15.4 Å². The number of nitrogens with zero attached hydrogens (tertiary/aromatic N) is 4. The van der Waals surface area contributed by atoms with Crippen LogP contribution >= 0.6 is 22.9 Å². The molecule has 0 atom stereocenters. The number of aromatic nitrogens is 3. The summed E-state index contributed by atoms with van der Waals surface area (Å²) in [5, 5.41) is 9.64. The van der Waals surface area contributed by atoms with Crippen LogP contribution in [-0.2, 0) is 0 Å². The van der Waals surface area contributed by atoms with Crippen LogP contribution in [0.1, 0.15) is 51.8 Å². The van der Waals surface area contributed by atoms with E-state index >= 15 is 0 Å². The summed E-state index contributed by atoms with van der Waals surface area (Å²) in [6.45, 7) is 5.37. The van der Waals surface area contributed by atoms with Gasteiger partial charge in [0, 0.05) is 27.1 Å². The average Bonchev–Trinajstić information content (AvgIpc) is 3.40. The molecule has 0 bridgehead atoms. The first-order valence-corrected chi connectivity index (χ1v) is 11.3. The fraction of sp³-hybridized carbons (Fsp3) is 0.174. The Morgan fingerprint density at radius 2 is 1.73 bits per heavy atom. The molecule has 1 aliphatic rings. The number of halogens is 1. The van der Waals surface area contributed by atoms with E-state index in [0.717, 1.165) is 11.3 Å². The number of nitrogens with one attached hydrogen (secondary N) is 1. The van der Waals surface area contributed by atoms with Crippen molar-refractivity contribution in [3.8, 4) is 11.3 Å². The molecule has 2 aromatic heterocycles. The molecular weight excluding hydrogens is 462 g/mol. The van der Waals surface area contributed by atoms with E-state index in [4.69, 9.17) is 11.6 Å². The van der Waals surface area contributed by atoms with Gasteiger partial charge in [0.05, 0.1) is 16.8 Å². The smallest absolute Gasteiger partial charge is 0.262 e. The van der Waals surface area contributed by atoms with Crippen molar-refractivity contribution in [2.45, 2.75) is 26.3 Å². The van der Waals surface area contributed by atoms with Crippen LogP contribution in [0.4, 0.5) is 5.95 Å². The highest BCUT2D eigenvalue weighted by Crippen LogP contribution is 2.30. The molecule has 10 heteroatoms. The Kier molecular flexibility index (Phi) is 4.84. The SMILES string of the molecule is CC(C)(C)N1C(=O)c2ccc(C(=O)Nc3nc4scc(-c5ccc(Cl)cc5)n4n3)cc2C1=O. The van der Waals surface area contributed by atoms with Gasteiger partial charge in [0.2, 0.25) is 4.96 Å². The van der Waals surface area contributed by atoms with E-state index in [9.17, 15) is 14.4 Å². The highest BCUT2D eigenvalue weighted by atomic mass is 35.5. The average molecular weight is 480 g/mol. The lowest BCUT2D eigenvalue weighted by Crippen LogP contribution is -2.45. The molecule has 0 unspecified atom stereocenters. The maximum atomic E-state index is 12.9. The Morgan fingerprint density at radius 1 is 1.03 bits per heavy atom. The number of fused-ring (bicyclic) bond motifs is 2. The van der Waals surface area contributed by atoms with Crippen LogP contribution in [0.5, 0.6) is 0 Å². The van der Waals surface area contributed by atoms with Gasteiger partial charge in [-0.3, -0.25) is 24.6 Å². The monoisotopic (exact) mass is 479 g/mol. The van der Waals surface area contributed by atoms with Crippen LogP contribution in [0.15, 0.2) is 47.8 Å². The summed E-state index contributed by atoms with van der Waals surface area (Å²) < 4.78 is 1.65. The summed E-state index contributed by atoms with van der Waals surface area (Å²) in [6, 6.07) is 11.8. The molecule has 0 aliphatic carbocycles. The Hall–Kier alpha value is -3.56. The van der Waals surface area contributed by atoms with Crippen LogP contribution < -0.4 is 5.32 Å². The van der Waals surface area contributed by atoms with Gasteiger partial charge in [0.1, 0.15) is 0 Å². The van der Waals surface area contributed by atoms with Crippen molar-refractivity contribution in [3.05, 3.63) is 69.6 Å². The summed E-state index contributed by atoms with van der Waals surface area (Å²) in [6.07, 6.45) is 0. The van der Waals surface area contributed by atoms with E-state index in [1.807, 2.05) is 17.5 Å². The normalized spacial score (nSPS) is 13.6. The molecule has 2 aromatic carbocycles. The molecule has 0 spiro atoms. The second-order valence-electron chi connectivity index (χ2n) is 8.59. The Balaban J connectivity index is 1.41. The zero-order chi connectivity index (χ0) is 23.5. The number of hydrogen-bond donors (Lipinski definition) is 1. The van der Waals surface area contributed by atoms with Crippen LogP contribution in [0.3, 0.4) is 0 Å². The number of thiazole rings is 1. The zero-order valence-corrected chi connectivity index (χ0v) is 19.5. The second kappa shape index (κ2) is 7.50. The highest BCUT2D eigenvalue weighted by molar-refractivity contribution is 7.15. The number of amides is 3. The summed E-state index contributed by atoms with van der Waals surface area (Å²) in [5.41, 5.74) is 1.82. The van der Waals surface area contributed by atoms with Gasteiger partial charge in [0.15, 0.2) is 0 Å². The Morgan fingerprint density at radius 3 is 2.42 bits per heavy atom. The lowest BCUT2D eigenvalue weighted by Gasteiger charge is -2.29. The molecule has 5 rings (SSSR count). The molecule has 4 aromatic rings. The third-order valence-corrected chi connectivity index (χ3v) is 6.33. The number of hydrogen-bond acceptors (Lipinski definition) is 6. The summed E-state index contributed by atoms with van der Waals surface area (Å²) >= 11 is 7.36. The van der Waals surface area contributed by atoms with Crippen molar-refractivity contribution in [2.75, 3.05) is 5.32 Å². The van der Waals surface area contributed by atoms with E-state index < -0.39 is 17.4 Å². The van der Waals surface area contributed by atoms with Crippen LogP contribution in [-0.4, -0.2) is 42.8 Å². The predicted octanol–water partition coefficient (Wildman–Crippen LogP) is 4.76. The number of benzene rings is 2. The fourth-order valence-electron chi connectivity index (χ4n) is 3.72. The molecule has 0 saturated heterocycles. The lowest BCUT2D eigenvalue weighted by molar-refractivity contribution is 0.0507. The van der Waals surface area contributed by atoms with Gasteiger partial charge in [-0.05, 0) is 51.1 Å². The molecule has 0 saturated carbocycles. The van der Waals surface area contributed by atoms with Crippen molar-refractivity contribution in [1.82, 2.24) is 19.5 Å². The minimum Gasteiger partial charge on any atom is -0.289 e. The molecule has 0 fully saturated rings. The molecule has 0 radical (unpaired) electrons. The van der Waals surface area contributed by atoms with Crippen LogP contribution in [0.2, 0.25) is 5.02 Å². The molecule has 3 heterocycles. The maximum Gasteiger partial charge on any atom is 0.262 e. The lowest BCUT2D eigenvalue weighted by atomic mass is 10.1. The fourth-order valence-corrected chi connectivity index (χ4v) is 4.68. The number of anilines is 1. The van der Waals surface area contributed by atoms with Gasteiger partial charge in [0.25, 0.3) is 23.7 Å². The molecule has 33 heavy (non-hydrogen) atoms. The topological polar surface area (TPSA) is 96.7 Å². The summed E-state index contributed by atoms with van der Waals surface area (Å²) in [5.74, 6) is -1.11. The number of rotatable bonds is 3. The van der Waals surface area contributed by atoms with E-state index in [-0.39, 0.29) is 23.0 Å². The van der Waals surface area contributed by atoms with Gasteiger partial charge in [-0.2, -0.15) is 4.98 Å². The standard InChI is InChI=1S/C23H18ClN5O3S/c1-23(2,3)28-19(31)15-9-6-13(10-16(15)20(28)32)18(30)25-21-26-22-29(27-21)17(11-33-22)12-4-7-14(24)8-5-12/h4-11H,1-3H3,(H,25,27,30). The number of carbonyl (C=O) groups excluding carboxylic acids is 3. The van der Waals surface area contributed by atoms with E-state index in [0.29, 0.717) is 15.5 Å².